The molecule has 1 rings (SSSR count). The number of amides is 1. The molecule has 5 heteroatoms. The SMILES string of the molecule is CCCCOc1ccc(NC(=O)C(C)(C)Br)c(C#N)c1. The maximum absolute atomic E-state index is 11.9. The lowest BCUT2D eigenvalue weighted by Crippen LogP contribution is -2.31. The number of hydrogen-bond acceptors (Lipinski definition) is 3. The molecule has 20 heavy (non-hydrogen) atoms. The van der Waals surface area contributed by atoms with Gasteiger partial charge in [-0.05, 0) is 38.5 Å². The second kappa shape index (κ2) is 7.30. The molecule has 0 spiro atoms. The highest BCUT2D eigenvalue weighted by Gasteiger charge is 2.24. The summed E-state index contributed by atoms with van der Waals surface area (Å²) < 4.78 is 4.86. The topological polar surface area (TPSA) is 62.1 Å². The molecule has 0 saturated carbocycles. The number of rotatable bonds is 6. The second-order valence-corrected chi connectivity index (χ2v) is 6.93. The predicted octanol–water partition coefficient (Wildman–Crippen LogP) is 3.85. The summed E-state index contributed by atoms with van der Waals surface area (Å²) in [6.45, 7) is 6.21. The zero-order chi connectivity index (χ0) is 15.2. The normalized spacial score (nSPS) is 10.8. The van der Waals surface area contributed by atoms with Gasteiger partial charge in [-0.3, -0.25) is 4.79 Å². The van der Waals surface area contributed by atoms with Crippen molar-refractivity contribution in [2.45, 2.75) is 37.9 Å². The van der Waals surface area contributed by atoms with Gasteiger partial charge in [-0.2, -0.15) is 5.26 Å². The summed E-state index contributed by atoms with van der Waals surface area (Å²) in [5.41, 5.74) is 0.886. The van der Waals surface area contributed by atoms with Crippen LogP contribution < -0.4 is 10.1 Å². The standard InChI is InChI=1S/C15H19BrN2O2/c1-4-5-8-20-12-6-7-13(11(9-12)10-17)18-14(19)15(2,3)16/h6-7,9H,4-5,8H2,1-3H3,(H,18,19). The number of alkyl halides is 1. The molecule has 0 radical (unpaired) electrons. The Bertz CT molecular complexity index is 516. The fourth-order valence-corrected chi connectivity index (χ4v) is 1.52. The Balaban J connectivity index is 2.84. The molecular weight excluding hydrogens is 320 g/mol. The van der Waals surface area contributed by atoms with E-state index in [4.69, 9.17) is 10.00 Å². The molecule has 1 amide bonds. The molecule has 0 aliphatic carbocycles. The molecule has 0 saturated heterocycles. The number of anilines is 1. The minimum absolute atomic E-state index is 0.200. The molecule has 0 unspecified atom stereocenters. The monoisotopic (exact) mass is 338 g/mol. The van der Waals surface area contributed by atoms with Crippen LogP contribution in [0.5, 0.6) is 5.75 Å². The van der Waals surface area contributed by atoms with Gasteiger partial charge in [0.05, 0.1) is 22.2 Å². The van der Waals surface area contributed by atoms with E-state index in [0.29, 0.717) is 23.6 Å². The van der Waals surface area contributed by atoms with Crippen molar-refractivity contribution in [2.24, 2.45) is 0 Å². The highest BCUT2D eigenvalue weighted by Crippen LogP contribution is 2.24. The predicted molar refractivity (Wildman–Crippen MR) is 83.2 cm³/mol. The fourth-order valence-electron chi connectivity index (χ4n) is 1.42. The number of halogens is 1. The largest absolute Gasteiger partial charge is 0.494 e. The number of hydrogen-bond donors (Lipinski definition) is 1. The summed E-state index contributed by atoms with van der Waals surface area (Å²) in [6.07, 6.45) is 2.03. The Labute approximate surface area is 128 Å². The minimum Gasteiger partial charge on any atom is -0.494 e. The molecule has 0 aliphatic rings. The van der Waals surface area contributed by atoms with Gasteiger partial charge < -0.3 is 10.1 Å². The first-order chi connectivity index (χ1) is 9.38. The van der Waals surface area contributed by atoms with E-state index in [1.807, 2.05) is 0 Å². The maximum atomic E-state index is 11.9. The van der Waals surface area contributed by atoms with E-state index < -0.39 is 4.32 Å². The summed E-state index contributed by atoms with van der Waals surface area (Å²) in [7, 11) is 0. The van der Waals surface area contributed by atoms with Crippen molar-refractivity contribution in [3.63, 3.8) is 0 Å². The summed E-state index contributed by atoms with van der Waals surface area (Å²) in [6, 6.07) is 7.17. The average Bonchev–Trinajstić information content (AvgIpc) is 2.39. The molecule has 0 bridgehead atoms. The van der Waals surface area contributed by atoms with E-state index in [0.717, 1.165) is 12.8 Å². The number of ether oxygens (including phenoxy) is 1. The van der Waals surface area contributed by atoms with E-state index in [-0.39, 0.29) is 5.91 Å². The summed E-state index contributed by atoms with van der Waals surface area (Å²) in [5, 5.41) is 11.9. The van der Waals surface area contributed by atoms with Gasteiger partial charge in [-0.25, -0.2) is 0 Å². The van der Waals surface area contributed by atoms with Crippen LogP contribution in [0.3, 0.4) is 0 Å². The Kier molecular flexibility index (Phi) is 6.03. The van der Waals surface area contributed by atoms with Gasteiger partial charge in [-0.1, -0.05) is 29.3 Å². The zero-order valence-electron chi connectivity index (χ0n) is 12.0. The van der Waals surface area contributed by atoms with Crippen LogP contribution in [0.2, 0.25) is 0 Å². The van der Waals surface area contributed by atoms with E-state index >= 15 is 0 Å². The molecular formula is C15H19BrN2O2. The number of carbonyl (C=O) groups is 1. The van der Waals surface area contributed by atoms with Crippen LogP contribution in [-0.4, -0.2) is 16.8 Å². The minimum atomic E-state index is -0.685. The van der Waals surface area contributed by atoms with E-state index in [1.165, 1.54) is 0 Å². The molecule has 0 heterocycles. The molecule has 1 aromatic rings. The number of nitrogens with zero attached hydrogens (tertiary/aromatic N) is 1. The van der Waals surface area contributed by atoms with Gasteiger partial charge in [0.25, 0.3) is 0 Å². The van der Waals surface area contributed by atoms with Crippen molar-refractivity contribution in [3.05, 3.63) is 23.8 Å². The molecule has 0 fully saturated rings. The van der Waals surface area contributed by atoms with Gasteiger partial charge in [0, 0.05) is 0 Å². The third-order valence-electron chi connectivity index (χ3n) is 2.67. The lowest BCUT2D eigenvalue weighted by molar-refractivity contribution is -0.117. The van der Waals surface area contributed by atoms with E-state index in [9.17, 15) is 4.79 Å². The van der Waals surface area contributed by atoms with Crippen molar-refractivity contribution in [1.29, 1.82) is 5.26 Å². The molecule has 0 atom stereocenters. The van der Waals surface area contributed by atoms with E-state index in [2.05, 4.69) is 34.2 Å². The van der Waals surface area contributed by atoms with Crippen LogP contribution in [0, 0.1) is 11.3 Å². The van der Waals surface area contributed by atoms with Gasteiger partial charge in [-0.15, -0.1) is 0 Å². The van der Waals surface area contributed by atoms with Crippen molar-refractivity contribution < 1.29 is 9.53 Å². The van der Waals surface area contributed by atoms with Gasteiger partial charge in [0.1, 0.15) is 11.8 Å². The Morgan fingerprint density at radius 1 is 1.50 bits per heavy atom. The van der Waals surface area contributed by atoms with Crippen LogP contribution in [-0.2, 0) is 4.79 Å². The molecule has 1 N–H and O–H groups in total. The van der Waals surface area contributed by atoms with E-state index in [1.54, 1.807) is 32.0 Å². The number of benzene rings is 1. The zero-order valence-corrected chi connectivity index (χ0v) is 13.6. The Morgan fingerprint density at radius 3 is 2.75 bits per heavy atom. The van der Waals surface area contributed by atoms with Gasteiger partial charge in [0.15, 0.2) is 0 Å². The summed E-state index contributed by atoms with van der Waals surface area (Å²) >= 11 is 3.28. The smallest absolute Gasteiger partial charge is 0.240 e. The van der Waals surface area contributed by atoms with Crippen molar-refractivity contribution in [3.8, 4) is 11.8 Å². The van der Waals surface area contributed by atoms with Crippen LogP contribution in [0.1, 0.15) is 39.2 Å². The van der Waals surface area contributed by atoms with Crippen LogP contribution in [0.25, 0.3) is 0 Å². The highest BCUT2D eigenvalue weighted by molar-refractivity contribution is 9.10. The van der Waals surface area contributed by atoms with Crippen LogP contribution in [0.15, 0.2) is 18.2 Å². The van der Waals surface area contributed by atoms with Gasteiger partial charge in [0.2, 0.25) is 5.91 Å². The number of unbranched alkanes of at least 4 members (excludes halogenated alkanes) is 1. The Morgan fingerprint density at radius 2 is 2.20 bits per heavy atom. The van der Waals surface area contributed by atoms with Gasteiger partial charge >= 0.3 is 0 Å². The average molecular weight is 339 g/mol. The highest BCUT2D eigenvalue weighted by atomic mass is 79.9. The molecule has 1 aromatic carbocycles. The van der Waals surface area contributed by atoms with Crippen molar-refractivity contribution >= 4 is 27.5 Å². The van der Waals surface area contributed by atoms with Crippen LogP contribution >= 0.6 is 15.9 Å². The second-order valence-electron chi connectivity index (χ2n) is 4.95. The number of carbonyl (C=O) groups excluding carboxylic acids is 1. The Hall–Kier alpha value is -1.54. The van der Waals surface area contributed by atoms with Crippen molar-refractivity contribution in [1.82, 2.24) is 0 Å². The molecule has 0 aromatic heterocycles. The third kappa shape index (κ3) is 4.86. The summed E-state index contributed by atoms with van der Waals surface area (Å²) in [5.74, 6) is 0.444. The molecule has 0 aliphatic heterocycles. The third-order valence-corrected chi connectivity index (χ3v) is 3.03. The molecule has 4 nitrogen and oxygen atoms in total. The quantitative estimate of drug-likeness (QED) is 0.632. The maximum Gasteiger partial charge on any atom is 0.240 e. The fraction of sp³-hybridized carbons (Fsp3) is 0.467. The first kappa shape index (κ1) is 16.5. The van der Waals surface area contributed by atoms with Crippen molar-refractivity contribution in [2.75, 3.05) is 11.9 Å². The lowest BCUT2D eigenvalue weighted by Gasteiger charge is -2.17. The number of nitrogens with one attached hydrogen (secondary N) is 1. The lowest BCUT2D eigenvalue weighted by atomic mass is 10.1. The first-order valence-corrected chi connectivity index (χ1v) is 7.35. The first-order valence-electron chi connectivity index (χ1n) is 6.55. The molecule has 108 valence electrons. The number of nitriles is 1. The van der Waals surface area contributed by atoms with Crippen LogP contribution in [0.4, 0.5) is 5.69 Å². The summed E-state index contributed by atoms with van der Waals surface area (Å²) in [4.78, 5) is 11.9.